The highest BCUT2D eigenvalue weighted by Gasteiger charge is 2.55. The monoisotopic (exact) mass is 399 g/mol. The number of nitrogens with one attached hydrogen (secondary N) is 2. The van der Waals surface area contributed by atoms with Crippen molar-refractivity contribution in [2.75, 3.05) is 6.54 Å². The summed E-state index contributed by atoms with van der Waals surface area (Å²) in [6.07, 6.45) is 4.57. The summed E-state index contributed by atoms with van der Waals surface area (Å²) in [7, 11) is 0. The molecule has 29 heavy (non-hydrogen) atoms. The van der Waals surface area contributed by atoms with Gasteiger partial charge in [-0.3, -0.25) is 14.5 Å². The number of benzene rings is 1. The normalized spacial score (nSPS) is 25.4. The molecule has 0 bridgehead atoms. The summed E-state index contributed by atoms with van der Waals surface area (Å²) in [4.78, 5) is 39.0. The van der Waals surface area contributed by atoms with Crippen molar-refractivity contribution in [3.8, 4) is 0 Å². The third kappa shape index (κ3) is 4.46. The van der Waals surface area contributed by atoms with Crippen molar-refractivity contribution in [1.29, 1.82) is 0 Å². The Morgan fingerprint density at radius 1 is 1.21 bits per heavy atom. The van der Waals surface area contributed by atoms with E-state index in [1.807, 2.05) is 26.0 Å². The van der Waals surface area contributed by atoms with Crippen LogP contribution in [-0.2, 0) is 16.0 Å². The number of amides is 4. The first kappa shape index (κ1) is 21.3. The van der Waals surface area contributed by atoms with Crippen LogP contribution in [0.25, 0.3) is 0 Å². The van der Waals surface area contributed by atoms with E-state index in [0.717, 1.165) is 36.1 Å². The molecule has 1 heterocycles. The molecular formula is C23H33N3O3. The van der Waals surface area contributed by atoms with Crippen molar-refractivity contribution >= 4 is 17.8 Å². The summed E-state index contributed by atoms with van der Waals surface area (Å²) < 4.78 is 0. The van der Waals surface area contributed by atoms with E-state index in [2.05, 4.69) is 36.6 Å². The molecule has 1 aliphatic heterocycles. The van der Waals surface area contributed by atoms with Gasteiger partial charge in [0.25, 0.3) is 5.91 Å². The molecule has 6 heteroatoms. The fraction of sp³-hybridized carbons (Fsp3) is 0.609. The van der Waals surface area contributed by atoms with E-state index in [4.69, 9.17) is 0 Å². The lowest BCUT2D eigenvalue weighted by molar-refractivity contribution is -0.137. The highest BCUT2D eigenvalue weighted by Crippen LogP contribution is 2.38. The number of imide groups is 1. The van der Waals surface area contributed by atoms with E-state index in [-0.39, 0.29) is 30.3 Å². The van der Waals surface area contributed by atoms with Crippen LogP contribution in [0.4, 0.5) is 4.79 Å². The van der Waals surface area contributed by atoms with Crippen molar-refractivity contribution in [2.45, 2.75) is 71.4 Å². The number of urea groups is 1. The molecule has 3 rings (SSSR count). The minimum Gasteiger partial charge on any atom is -0.348 e. The van der Waals surface area contributed by atoms with Crippen LogP contribution in [0.15, 0.2) is 24.3 Å². The fourth-order valence-electron chi connectivity index (χ4n) is 4.57. The first-order chi connectivity index (χ1) is 13.7. The lowest BCUT2D eigenvalue weighted by Crippen LogP contribution is -2.54. The molecule has 0 unspecified atom stereocenters. The molecule has 1 aromatic rings. The van der Waals surface area contributed by atoms with Gasteiger partial charge in [-0.2, -0.15) is 0 Å². The van der Waals surface area contributed by atoms with Gasteiger partial charge < -0.3 is 10.6 Å². The second-order valence-electron chi connectivity index (χ2n) is 9.07. The predicted octanol–water partition coefficient (Wildman–Crippen LogP) is 3.56. The fourth-order valence-corrected chi connectivity index (χ4v) is 4.57. The maximum Gasteiger partial charge on any atom is 0.325 e. The van der Waals surface area contributed by atoms with Crippen molar-refractivity contribution in [3.05, 3.63) is 35.4 Å². The summed E-state index contributed by atoms with van der Waals surface area (Å²) >= 11 is 0. The quantitative estimate of drug-likeness (QED) is 0.718. The predicted molar refractivity (Wildman–Crippen MR) is 112 cm³/mol. The summed E-state index contributed by atoms with van der Waals surface area (Å²) in [6.45, 7) is 8.04. The minimum absolute atomic E-state index is 0.0871. The van der Waals surface area contributed by atoms with Gasteiger partial charge in [0.1, 0.15) is 12.1 Å². The van der Waals surface area contributed by atoms with Crippen LogP contribution in [0, 0.1) is 11.8 Å². The Morgan fingerprint density at radius 2 is 1.90 bits per heavy atom. The SMILES string of the molecule is CC(C)Cc1ccc([C@H](C)NC(=O)CN2C(=O)N[C@]3(CCCC[C@@H]3C)C2=O)cc1. The maximum absolute atomic E-state index is 13.0. The average Bonchev–Trinajstić information content (AvgIpc) is 2.89. The van der Waals surface area contributed by atoms with E-state index in [1.165, 1.54) is 5.56 Å². The van der Waals surface area contributed by atoms with Gasteiger partial charge in [-0.05, 0) is 49.1 Å². The van der Waals surface area contributed by atoms with Crippen LogP contribution >= 0.6 is 0 Å². The zero-order valence-corrected chi connectivity index (χ0v) is 18.0. The van der Waals surface area contributed by atoms with Gasteiger partial charge in [0.15, 0.2) is 0 Å². The number of carbonyl (C=O) groups excluding carboxylic acids is 3. The highest BCUT2D eigenvalue weighted by atomic mass is 16.2. The third-order valence-electron chi connectivity index (χ3n) is 6.30. The lowest BCUT2D eigenvalue weighted by Gasteiger charge is -2.36. The van der Waals surface area contributed by atoms with Crippen molar-refractivity contribution < 1.29 is 14.4 Å². The topological polar surface area (TPSA) is 78.5 Å². The summed E-state index contributed by atoms with van der Waals surface area (Å²) in [5, 5.41) is 5.80. The molecule has 4 amide bonds. The second-order valence-corrected chi connectivity index (χ2v) is 9.07. The van der Waals surface area contributed by atoms with E-state index >= 15 is 0 Å². The number of hydrogen-bond acceptors (Lipinski definition) is 3. The van der Waals surface area contributed by atoms with Gasteiger partial charge in [-0.15, -0.1) is 0 Å². The standard InChI is InChI=1S/C23H33N3O3/c1-15(2)13-18-8-10-19(11-9-18)17(4)24-20(27)14-26-21(28)23(25-22(26)29)12-6-5-7-16(23)3/h8-11,15-17H,5-7,12-14H2,1-4H3,(H,24,27)(H,25,29)/t16-,17-,23-/m0/s1. The molecule has 2 fully saturated rings. The zero-order valence-electron chi connectivity index (χ0n) is 18.0. The minimum atomic E-state index is -0.826. The van der Waals surface area contributed by atoms with Crippen molar-refractivity contribution in [1.82, 2.24) is 15.5 Å². The summed E-state index contributed by atoms with van der Waals surface area (Å²) in [5.74, 6) is 0.102. The number of carbonyl (C=O) groups is 3. The maximum atomic E-state index is 13.0. The van der Waals surface area contributed by atoms with Gasteiger partial charge in [-0.1, -0.05) is 57.9 Å². The molecule has 2 N–H and O–H groups in total. The van der Waals surface area contributed by atoms with E-state index in [0.29, 0.717) is 12.3 Å². The largest absolute Gasteiger partial charge is 0.348 e. The van der Waals surface area contributed by atoms with Crippen molar-refractivity contribution in [2.24, 2.45) is 11.8 Å². The van der Waals surface area contributed by atoms with Crippen LogP contribution in [0.3, 0.4) is 0 Å². The van der Waals surface area contributed by atoms with Crippen LogP contribution in [0.5, 0.6) is 0 Å². The molecule has 1 spiro atoms. The van der Waals surface area contributed by atoms with Crippen LogP contribution in [0.2, 0.25) is 0 Å². The average molecular weight is 400 g/mol. The summed E-state index contributed by atoms with van der Waals surface area (Å²) in [5.41, 5.74) is 1.45. The molecule has 3 atom stereocenters. The number of rotatable bonds is 6. The van der Waals surface area contributed by atoms with Crippen LogP contribution < -0.4 is 10.6 Å². The number of hydrogen-bond donors (Lipinski definition) is 2. The van der Waals surface area contributed by atoms with Gasteiger partial charge in [0.05, 0.1) is 6.04 Å². The molecule has 0 aromatic heterocycles. The molecule has 0 radical (unpaired) electrons. The smallest absolute Gasteiger partial charge is 0.325 e. The Morgan fingerprint density at radius 3 is 2.52 bits per heavy atom. The van der Waals surface area contributed by atoms with Gasteiger partial charge in [0.2, 0.25) is 5.91 Å². The zero-order chi connectivity index (χ0) is 21.2. The molecule has 2 aliphatic rings. The summed E-state index contributed by atoms with van der Waals surface area (Å²) in [6, 6.07) is 7.57. The van der Waals surface area contributed by atoms with Crippen LogP contribution in [0.1, 0.15) is 70.5 Å². The van der Waals surface area contributed by atoms with E-state index < -0.39 is 11.6 Å². The van der Waals surface area contributed by atoms with E-state index in [9.17, 15) is 14.4 Å². The van der Waals surface area contributed by atoms with Gasteiger partial charge >= 0.3 is 6.03 Å². The Hall–Kier alpha value is -2.37. The van der Waals surface area contributed by atoms with E-state index in [1.54, 1.807) is 0 Å². The highest BCUT2D eigenvalue weighted by molar-refractivity contribution is 6.09. The molecular weight excluding hydrogens is 366 g/mol. The molecule has 1 saturated carbocycles. The number of nitrogens with zero attached hydrogens (tertiary/aromatic N) is 1. The second kappa shape index (κ2) is 8.56. The first-order valence-electron chi connectivity index (χ1n) is 10.7. The Kier molecular flexibility index (Phi) is 6.30. The molecule has 1 aromatic carbocycles. The molecule has 1 aliphatic carbocycles. The Labute approximate surface area is 173 Å². The third-order valence-corrected chi connectivity index (χ3v) is 6.30. The van der Waals surface area contributed by atoms with Gasteiger partial charge in [0, 0.05) is 0 Å². The molecule has 158 valence electrons. The first-order valence-corrected chi connectivity index (χ1v) is 10.7. The van der Waals surface area contributed by atoms with Gasteiger partial charge in [-0.25, -0.2) is 4.79 Å². The van der Waals surface area contributed by atoms with Crippen LogP contribution in [-0.4, -0.2) is 34.8 Å². The van der Waals surface area contributed by atoms with Crippen molar-refractivity contribution in [3.63, 3.8) is 0 Å². The Bertz CT molecular complexity index is 774. The Balaban J connectivity index is 1.60. The lowest BCUT2D eigenvalue weighted by atomic mass is 9.73. The molecule has 6 nitrogen and oxygen atoms in total. The molecule has 1 saturated heterocycles.